The summed E-state index contributed by atoms with van der Waals surface area (Å²) in [6.45, 7) is 7.69. The van der Waals surface area contributed by atoms with Gasteiger partial charge in [-0.2, -0.15) is 0 Å². The lowest BCUT2D eigenvalue weighted by Crippen LogP contribution is -2.23. The third-order valence-corrected chi connectivity index (χ3v) is 4.83. The molecule has 2 atom stereocenters. The van der Waals surface area contributed by atoms with E-state index < -0.39 is 0 Å². The lowest BCUT2D eigenvalue weighted by Gasteiger charge is -2.16. The van der Waals surface area contributed by atoms with Crippen molar-refractivity contribution in [1.29, 1.82) is 0 Å². The first kappa shape index (κ1) is 14.9. The lowest BCUT2D eigenvalue weighted by atomic mass is 10.1. The molecule has 0 fully saturated rings. The third-order valence-electron chi connectivity index (χ3n) is 3.16. The highest BCUT2D eigenvalue weighted by Crippen LogP contribution is 2.27. The van der Waals surface area contributed by atoms with E-state index in [1.165, 1.54) is 12.0 Å². The van der Waals surface area contributed by atoms with E-state index in [0.29, 0.717) is 11.3 Å². The largest absolute Gasteiger partial charge is 0.358 e. The third kappa shape index (κ3) is 4.53. The number of hydrogen-bond donors (Lipinski definition) is 1. The van der Waals surface area contributed by atoms with Crippen molar-refractivity contribution < 1.29 is 0 Å². The predicted octanol–water partition coefficient (Wildman–Crippen LogP) is 4.62. The average Bonchev–Trinajstić information content (AvgIpc) is 2.76. The van der Waals surface area contributed by atoms with E-state index in [4.69, 9.17) is 0 Å². The van der Waals surface area contributed by atoms with Crippen LogP contribution < -0.4 is 5.32 Å². The zero-order chi connectivity index (χ0) is 13.8. The van der Waals surface area contributed by atoms with Gasteiger partial charge in [-0.15, -0.1) is 0 Å². The van der Waals surface area contributed by atoms with Crippen LogP contribution in [0.25, 0.3) is 0 Å². The Bertz CT molecular complexity index is 442. The first-order chi connectivity index (χ1) is 9.04. The fourth-order valence-corrected chi connectivity index (χ4v) is 3.77. The molecule has 0 amide bonds. The lowest BCUT2D eigenvalue weighted by molar-refractivity contribution is 0.575. The molecule has 0 spiro atoms. The number of aliphatic imine (C=N–C) groups is 1. The van der Waals surface area contributed by atoms with Crippen molar-refractivity contribution in [3.63, 3.8) is 0 Å². The van der Waals surface area contributed by atoms with Crippen molar-refractivity contribution in [2.24, 2.45) is 10.9 Å². The molecule has 0 aliphatic carbocycles. The molecule has 1 aliphatic rings. The SMILES string of the molecule is CC(C)CC1CN=C(NC(C)c2ccc(Br)cc2)S1. The molecule has 2 nitrogen and oxygen atoms in total. The van der Waals surface area contributed by atoms with Gasteiger partial charge in [-0.3, -0.25) is 4.99 Å². The highest BCUT2D eigenvalue weighted by molar-refractivity contribution is 9.10. The molecule has 1 aliphatic heterocycles. The van der Waals surface area contributed by atoms with Crippen molar-refractivity contribution in [2.45, 2.75) is 38.5 Å². The van der Waals surface area contributed by atoms with Crippen molar-refractivity contribution in [3.05, 3.63) is 34.3 Å². The normalized spacial score (nSPS) is 20.5. The van der Waals surface area contributed by atoms with Crippen LogP contribution in [-0.2, 0) is 0 Å². The van der Waals surface area contributed by atoms with Gasteiger partial charge in [0, 0.05) is 9.72 Å². The molecule has 0 bridgehead atoms. The summed E-state index contributed by atoms with van der Waals surface area (Å²) in [6, 6.07) is 8.76. The molecule has 19 heavy (non-hydrogen) atoms. The second kappa shape index (κ2) is 6.80. The van der Waals surface area contributed by atoms with Crippen molar-refractivity contribution in [3.8, 4) is 0 Å². The quantitative estimate of drug-likeness (QED) is 0.864. The number of nitrogens with zero attached hydrogens (tertiary/aromatic N) is 1. The van der Waals surface area contributed by atoms with E-state index >= 15 is 0 Å². The van der Waals surface area contributed by atoms with Gasteiger partial charge in [0.05, 0.1) is 12.6 Å². The highest BCUT2D eigenvalue weighted by atomic mass is 79.9. The summed E-state index contributed by atoms with van der Waals surface area (Å²) in [5, 5.41) is 5.27. The summed E-state index contributed by atoms with van der Waals surface area (Å²) >= 11 is 5.36. The van der Waals surface area contributed by atoms with E-state index in [0.717, 1.165) is 22.1 Å². The number of thioether (sulfide) groups is 1. The van der Waals surface area contributed by atoms with Gasteiger partial charge in [0.2, 0.25) is 0 Å². The number of amidine groups is 1. The summed E-state index contributed by atoms with van der Waals surface area (Å²) < 4.78 is 1.12. The number of rotatable bonds is 4. The molecule has 1 aromatic rings. The average molecular weight is 341 g/mol. The summed E-state index contributed by atoms with van der Waals surface area (Å²) in [5.74, 6) is 0.746. The van der Waals surface area contributed by atoms with Crippen LogP contribution in [0.5, 0.6) is 0 Å². The van der Waals surface area contributed by atoms with E-state index in [9.17, 15) is 0 Å². The Morgan fingerprint density at radius 2 is 2.00 bits per heavy atom. The molecular formula is C15H21BrN2S. The standard InChI is InChI=1S/C15H21BrN2S/c1-10(2)8-14-9-17-15(19-14)18-11(3)12-4-6-13(16)7-5-12/h4-7,10-11,14H,8-9H2,1-3H3,(H,17,18). The van der Waals surface area contributed by atoms with E-state index in [-0.39, 0.29) is 0 Å². The van der Waals surface area contributed by atoms with Gasteiger partial charge in [-0.05, 0) is 37.0 Å². The van der Waals surface area contributed by atoms with Gasteiger partial charge in [0.25, 0.3) is 0 Å². The smallest absolute Gasteiger partial charge is 0.157 e. The van der Waals surface area contributed by atoms with Crippen LogP contribution in [0.3, 0.4) is 0 Å². The fourth-order valence-electron chi connectivity index (χ4n) is 2.17. The molecule has 2 unspecified atom stereocenters. The second-order valence-corrected chi connectivity index (χ2v) is 7.64. The van der Waals surface area contributed by atoms with E-state index in [1.54, 1.807) is 0 Å². The Hall–Kier alpha value is -0.480. The zero-order valence-corrected chi connectivity index (χ0v) is 14.1. The van der Waals surface area contributed by atoms with E-state index in [2.05, 4.69) is 71.3 Å². The molecule has 0 aromatic heterocycles. The molecule has 104 valence electrons. The molecule has 1 heterocycles. The maximum absolute atomic E-state index is 4.61. The van der Waals surface area contributed by atoms with Crippen LogP contribution in [-0.4, -0.2) is 17.0 Å². The van der Waals surface area contributed by atoms with Gasteiger partial charge in [0.1, 0.15) is 0 Å². The van der Waals surface area contributed by atoms with E-state index in [1.807, 2.05) is 11.8 Å². The van der Waals surface area contributed by atoms with Crippen LogP contribution in [0.2, 0.25) is 0 Å². The molecule has 2 rings (SSSR count). The first-order valence-corrected chi connectivity index (χ1v) is 8.45. The number of halogens is 1. The minimum absolute atomic E-state index is 0.303. The maximum Gasteiger partial charge on any atom is 0.157 e. The molecular weight excluding hydrogens is 320 g/mol. The summed E-state index contributed by atoms with van der Waals surface area (Å²) in [6.07, 6.45) is 1.24. The number of hydrogen-bond acceptors (Lipinski definition) is 3. The Balaban J connectivity index is 1.87. The van der Waals surface area contributed by atoms with Crippen LogP contribution in [0.15, 0.2) is 33.7 Å². The maximum atomic E-state index is 4.61. The molecule has 0 saturated carbocycles. The number of nitrogens with one attached hydrogen (secondary N) is 1. The minimum atomic E-state index is 0.303. The highest BCUT2D eigenvalue weighted by Gasteiger charge is 2.21. The predicted molar refractivity (Wildman–Crippen MR) is 88.8 cm³/mol. The van der Waals surface area contributed by atoms with Gasteiger partial charge < -0.3 is 5.32 Å². The monoisotopic (exact) mass is 340 g/mol. The fraction of sp³-hybridized carbons (Fsp3) is 0.533. The molecule has 1 aromatic carbocycles. The molecule has 0 saturated heterocycles. The van der Waals surface area contributed by atoms with Crippen molar-refractivity contribution >= 4 is 32.9 Å². The van der Waals surface area contributed by atoms with Crippen LogP contribution in [0, 0.1) is 5.92 Å². The number of benzene rings is 1. The van der Waals surface area contributed by atoms with Crippen LogP contribution in [0.4, 0.5) is 0 Å². The Labute approximate surface area is 128 Å². The van der Waals surface area contributed by atoms with Gasteiger partial charge in [-0.25, -0.2) is 0 Å². The topological polar surface area (TPSA) is 24.4 Å². The van der Waals surface area contributed by atoms with Crippen molar-refractivity contribution in [2.75, 3.05) is 6.54 Å². The summed E-state index contributed by atoms with van der Waals surface area (Å²) in [5.41, 5.74) is 1.29. The first-order valence-electron chi connectivity index (χ1n) is 6.77. The Morgan fingerprint density at radius 3 is 2.63 bits per heavy atom. The second-order valence-electron chi connectivity index (χ2n) is 5.43. The molecule has 4 heteroatoms. The minimum Gasteiger partial charge on any atom is -0.358 e. The van der Waals surface area contributed by atoms with Crippen LogP contribution in [0.1, 0.15) is 38.8 Å². The van der Waals surface area contributed by atoms with Gasteiger partial charge in [-0.1, -0.05) is 53.7 Å². The Kier molecular flexibility index (Phi) is 5.34. The summed E-state index contributed by atoms with van der Waals surface area (Å²) in [7, 11) is 0. The van der Waals surface area contributed by atoms with Gasteiger partial charge in [0.15, 0.2) is 5.17 Å². The van der Waals surface area contributed by atoms with Gasteiger partial charge >= 0.3 is 0 Å². The van der Waals surface area contributed by atoms with Crippen molar-refractivity contribution in [1.82, 2.24) is 5.32 Å². The van der Waals surface area contributed by atoms with Crippen LogP contribution >= 0.6 is 27.7 Å². The molecule has 1 N–H and O–H groups in total. The Morgan fingerprint density at radius 1 is 1.32 bits per heavy atom. The molecule has 0 radical (unpaired) electrons. The summed E-state index contributed by atoms with van der Waals surface area (Å²) in [4.78, 5) is 4.61. The zero-order valence-electron chi connectivity index (χ0n) is 11.7.